The lowest BCUT2D eigenvalue weighted by Crippen LogP contribution is -2.33. The summed E-state index contributed by atoms with van der Waals surface area (Å²) in [5.74, 6) is -1.34. The van der Waals surface area contributed by atoms with Crippen LogP contribution in [-0.4, -0.2) is 35.4 Å². The molecule has 0 fully saturated rings. The second-order valence-corrected chi connectivity index (χ2v) is 8.74. The first kappa shape index (κ1) is 22.0. The number of nitrogens with zero attached hydrogens (tertiary/aromatic N) is 5. The number of nitrogens with one attached hydrogen (secondary N) is 1. The third-order valence-corrected chi connectivity index (χ3v) is 6.52. The van der Waals surface area contributed by atoms with Crippen molar-refractivity contribution in [3.63, 3.8) is 0 Å². The van der Waals surface area contributed by atoms with Gasteiger partial charge in [0.25, 0.3) is 0 Å². The van der Waals surface area contributed by atoms with Crippen LogP contribution in [0.15, 0.2) is 30.7 Å². The number of halogens is 2. The van der Waals surface area contributed by atoms with Crippen molar-refractivity contribution in [1.29, 1.82) is 0 Å². The number of carbonyl (C=O) groups excluding carboxylic acids is 1. The summed E-state index contributed by atoms with van der Waals surface area (Å²) in [6.45, 7) is 3.66. The van der Waals surface area contributed by atoms with Crippen molar-refractivity contribution in [2.75, 3.05) is 11.1 Å². The van der Waals surface area contributed by atoms with E-state index in [0.717, 1.165) is 36.7 Å². The minimum Gasteiger partial charge on any atom is -0.506 e. The highest BCUT2D eigenvalue weighted by molar-refractivity contribution is 6.32. The van der Waals surface area contributed by atoms with Crippen LogP contribution in [0, 0.1) is 5.82 Å². The third-order valence-electron chi connectivity index (χ3n) is 6.15. The number of amides is 1. The molecule has 4 aromatic rings. The number of imidazole rings is 1. The zero-order valence-electron chi connectivity index (χ0n) is 18.4. The Kier molecular flexibility index (Phi) is 5.12. The molecule has 34 heavy (non-hydrogen) atoms. The maximum atomic E-state index is 14.3. The average Bonchev–Trinajstić information content (AvgIpc) is 3.38. The Hall–Kier alpha value is -3.79. The van der Waals surface area contributed by atoms with Gasteiger partial charge in [0.15, 0.2) is 11.5 Å². The molecule has 4 N–H and O–H groups in total. The molecule has 0 saturated heterocycles. The minimum absolute atomic E-state index is 0.0401. The fraction of sp³-hybridized carbons (Fsp3) is 0.261. The SMILES string of the molecule is CCCCc1nc(-c2nc(N)c3c(n2)NC(=O)[C@@]3(C)c2cc(O)c(Cl)c(F)c2)cn2ccnc12. The first-order valence-corrected chi connectivity index (χ1v) is 11.1. The molecule has 11 heteroatoms. The number of hydrogen-bond acceptors (Lipinski definition) is 7. The molecule has 1 aromatic carbocycles. The van der Waals surface area contributed by atoms with E-state index in [0.29, 0.717) is 5.69 Å². The number of aryl methyl sites for hydroxylation is 1. The summed E-state index contributed by atoms with van der Waals surface area (Å²) in [6, 6.07) is 2.33. The number of aromatic hydroxyl groups is 1. The number of phenolic OH excluding ortho intramolecular Hbond substituents is 1. The molecule has 0 radical (unpaired) electrons. The zero-order valence-corrected chi connectivity index (χ0v) is 19.2. The smallest absolute Gasteiger partial charge is 0.240 e. The van der Waals surface area contributed by atoms with E-state index in [1.54, 1.807) is 19.3 Å². The Morgan fingerprint density at radius 3 is 2.82 bits per heavy atom. The minimum atomic E-state index is -1.44. The zero-order chi connectivity index (χ0) is 24.2. The fourth-order valence-corrected chi connectivity index (χ4v) is 4.39. The lowest BCUT2D eigenvalue weighted by atomic mass is 9.77. The second kappa shape index (κ2) is 7.91. The predicted molar refractivity (Wildman–Crippen MR) is 125 cm³/mol. The molecule has 0 spiro atoms. The van der Waals surface area contributed by atoms with Crippen molar-refractivity contribution in [1.82, 2.24) is 24.3 Å². The van der Waals surface area contributed by atoms with Crippen LogP contribution in [0.1, 0.15) is 43.5 Å². The quantitative estimate of drug-likeness (QED) is 0.394. The monoisotopic (exact) mass is 481 g/mol. The van der Waals surface area contributed by atoms with E-state index in [-0.39, 0.29) is 28.6 Å². The molecule has 3 aromatic heterocycles. The highest BCUT2D eigenvalue weighted by Crippen LogP contribution is 2.46. The standard InChI is InChI=1S/C23H21ClFN7O2/c1-3-4-5-13-21-27-6-7-32(21)10-14(28-13)19-29-18(26)16-20(30-19)31-22(34)23(16,2)11-8-12(25)17(24)15(33)9-11/h6-10,33H,3-5H2,1-2H3,(H3,26,29,30,31,34)/t23-/m0/s1. The van der Waals surface area contributed by atoms with Gasteiger partial charge in [-0.05, 0) is 37.5 Å². The van der Waals surface area contributed by atoms with Crippen molar-refractivity contribution < 1.29 is 14.3 Å². The van der Waals surface area contributed by atoms with Crippen LogP contribution in [0.5, 0.6) is 5.75 Å². The van der Waals surface area contributed by atoms with Gasteiger partial charge in [0.05, 0.1) is 11.3 Å². The van der Waals surface area contributed by atoms with Crippen LogP contribution in [0.4, 0.5) is 16.0 Å². The van der Waals surface area contributed by atoms with E-state index in [1.807, 2.05) is 10.6 Å². The van der Waals surface area contributed by atoms with Crippen LogP contribution in [0.2, 0.25) is 5.02 Å². The maximum absolute atomic E-state index is 14.3. The van der Waals surface area contributed by atoms with Crippen LogP contribution in [-0.2, 0) is 16.6 Å². The number of nitrogen functional groups attached to an aromatic ring is 1. The molecule has 1 atom stereocenters. The van der Waals surface area contributed by atoms with E-state index in [1.165, 1.54) is 6.07 Å². The number of hydrogen-bond donors (Lipinski definition) is 3. The van der Waals surface area contributed by atoms with Crippen molar-refractivity contribution in [3.05, 3.63) is 58.4 Å². The van der Waals surface area contributed by atoms with Crippen LogP contribution >= 0.6 is 11.6 Å². The number of benzene rings is 1. The van der Waals surface area contributed by atoms with Gasteiger partial charge in [-0.1, -0.05) is 24.9 Å². The first-order valence-electron chi connectivity index (χ1n) is 10.7. The fourth-order valence-electron chi connectivity index (χ4n) is 4.28. The predicted octanol–water partition coefficient (Wildman–Crippen LogP) is 3.87. The van der Waals surface area contributed by atoms with E-state index in [2.05, 4.69) is 27.2 Å². The average molecular weight is 482 g/mol. The lowest BCUT2D eigenvalue weighted by molar-refractivity contribution is -0.119. The molecule has 4 heterocycles. The van der Waals surface area contributed by atoms with Gasteiger partial charge in [-0.25, -0.2) is 24.3 Å². The van der Waals surface area contributed by atoms with Gasteiger partial charge < -0.3 is 20.6 Å². The van der Waals surface area contributed by atoms with Gasteiger partial charge in [0.1, 0.15) is 39.3 Å². The number of unbranched alkanes of at least 4 members (excludes halogenated alkanes) is 1. The Balaban J connectivity index is 1.65. The second-order valence-electron chi connectivity index (χ2n) is 8.36. The molecule has 0 bridgehead atoms. The highest BCUT2D eigenvalue weighted by atomic mass is 35.5. The Morgan fingerprint density at radius 1 is 1.29 bits per heavy atom. The summed E-state index contributed by atoms with van der Waals surface area (Å²) < 4.78 is 16.1. The highest BCUT2D eigenvalue weighted by Gasteiger charge is 2.48. The largest absolute Gasteiger partial charge is 0.506 e. The van der Waals surface area contributed by atoms with Gasteiger partial charge in [0, 0.05) is 18.6 Å². The molecule has 5 rings (SSSR count). The van der Waals surface area contributed by atoms with Gasteiger partial charge in [0.2, 0.25) is 5.91 Å². The van der Waals surface area contributed by atoms with Crippen molar-refractivity contribution in [3.8, 4) is 17.3 Å². The number of carbonyl (C=O) groups is 1. The molecule has 1 aliphatic rings. The summed E-state index contributed by atoms with van der Waals surface area (Å²) in [5.41, 5.74) is 7.41. The van der Waals surface area contributed by atoms with Crippen LogP contribution in [0.25, 0.3) is 17.2 Å². The van der Waals surface area contributed by atoms with E-state index in [4.69, 9.17) is 22.3 Å². The maximum Gasteiger partial charge on any atom is 0.240 e. The molecule has 0 unspecified atom stereocenters. The van der Waals surface area contributed by atoms with Crippen molar-refractivity contribution >= 4 is 34.8 Å². The molecule has 174 valence electrons. The molecular weight excluding hydrogens is 461 g/mol. The van der Waals surface area contributed by atoms with Gasteiger partial charge in [-0.3, -0.25) is 4.79 Å². The van der Waals surface area contributed by atoms with Crippen molar-refractivity contribution in [2.45, 2.75) is 38.5 Å². The number of nitrogens with two attached hydrogens (primary N) is 1. The summed E-state index contributed by atoms with van der Waals surface area (Å²) in [5, 5.41) is 12.3. The molecular formula is C23H21ClFN7O2. The summed E-state index contributed by atoms with van der Waals surface area (Å²) in [6.07, 6.45) is 7.96. The van der Waals surface area contributed by atoms with Crippen molar-refractivity contribution in [2.24, 2.45) is 0 Å². The van der Waals surface area contributed by atoms with E-state index in [9.17, 15) is 14.3 Å². The lowest BCUT2D eigenvalue weighted by Gasteiger charge is -2.24. The Bertz CT molecular complexity index is 1450. The van der Waals surface area contributed by atoms with Crippen LogP contribution < -0.4 is 11.1 Å². The summed E-state index contributed by atoms with van der Waals surface area (Å²) in [7, 11) is 0. The number of fused-ring (bicyclic) bond motifs is 2. The molecule has 9 nitrogen and oxygen atoms in total. The molecule has 0 aliphatic carbocycles. The number of phenols is 1. The first-order chi connectivity index (χ1) is 16.2. The van der Waals surface area contributed by atoms with E-state index < -0.39 is 27.9 Å². The van der Waals surface area contributed by atoms with E-state index >= 15 is 0 Å². The van der Waals surface area contributed by atoms with Gasteiger partial charge in [-0.15, -0.1) is 0 Å². The number of aromatic nitrogens is 5. The molecule has 1 aliphatic heterocycles. The Labute approximate surface area is 198 Å². The van der Waals surface area contributed by atoms with Gasteiger partial charge >= 0.3 is 0 Å². The Morgan fingerprint density at radius 2 is 2.09 bits per heavy atom. The number of anilines is 2. The third kappa shape index (κ3) is 3.25. The molecule has 1 amide bonds. The molecule has 0 saturated carbocycles. The summed E-state index contributed by atoms with van der Waals surface area (Å²) in [4.78, 5) is 31.1. The summed E-state index contributed by atoms with van der Waals surface area (Å²) >= 11 is 5.75. The normalized spacial score (nSPS) is 17.2. The van der Waals surface area contributed by atoms with Crippen LogP contribution in [0.3, 0.4) is 0 Å². The van der Waals surface area contributed by atoms with Gasteiger partial charge in [-0.2, -0.15) is 0 Å². The topological polar surface area (TPSA) is 131 Å². The number of rotatable bonds is 5.